The monoisotopic (exact) mass is 340 g/mol. The Hall–Kier alpha value is -1.01. The van der Waals surface area contributed by atoms with E-state index in [1.54, 1.807) is 0 Å². The van der Waals surface area contributed by atoms with Gasteiger partial charge in [0, 0.05) is 10.0 Å². The minimum Gasteiger partial charge on any atom is -0.481 e. The predicted molar refractivity (Wildman–Crippen MR) is 78.7 cm³/mol. The molecule has 1 saturated carbocycles. The van der Waals surface area contributed by atoms with Gasteiger partial charge in [0.2, 0.25) is 0 Å². The minimum atomic E-state index is -0.814. The van der Waals surface area contributed by atoms with Gasteiger partial charge < -0.3 is 9.67 Å². The Morgan fingerprint density at radius 3 is 2.95 bits per heavy atom. The van der Waals surface area contributed by atoms with Gasteiger partial charge in [-0.25, -0.2) is 4.98 Å². The SMILES string of the molecule is CC1(n2c(SCC(=O)O)nc3ccc(Br)cc32)CC1. The van der Waals surface area contributed by atoms with Crippen LogP contribution in [0.5, 0.6) is 0 Å². The van der Waals surface area contributed by atoms with Crippen LogP contribution in [0.1, 0.15) is 19.8 Å². The highest BCUT2D eigenvalue weighted by atomic mass is 79.9. The van der Waals surface area contributed by atoms with Crippen molar-refractivity contribution in [3.63, 3.8) is 0 Å². The maximum Gasteiger partial charge on any atom is 0.313 e. The van der Waals surface area contributed by atoms with Gasteiger partial charge in [-0.3, -0.25) is 4.79 Å². The number of hydrogen-bond acceptors (Lipinski definition) is 3. The highest BCUT2D eigenvalue weighted by molar-refractivity contribution is 9.10. The molecule has 0 saturated heterocycles. The first-order valence-electron chi connectivity index (χ1n) is 6.03. The van der Waals surface area contributed by atoms with Gasteiger partial charge in [-0.15, -0.1) is 0 Å². The Labute approximate surface area is 123 Å². The lowest BCUT2D eigenvalue weighted by molar-refractivity contribution is -0.133. The molecule has 0 radical (unpaired) electrons. The lowest BCUT2D eigenvalue weighted by Gasteiger charge is -2.15. The van der Waals surface area contributed by atoms with E-state index in [2.05, 4.69) is 38.5 Å². The smallest absolute Gasteiger partial charge is 0.313 e. The van der Waals surface area contributed by atoms with E-state index in [1.807, 2.05) is 12.1 Å². The fourth-order valence-corrected chi connectivity index (χ4v) is 3.39. The average Bonchev–Trinajstić information content (AvgIpc) is 2.97. The van der Waals surface area contributed by atoms with Gasteiger partial charge >= 0.3 is 5.97 Å². The second-order valence-electron chi connectivity index (χ2n) is 5.04. The third-order valence-electron chi connectivity index (χ3n) is 3.42. The van der Waals surface area contributed by atoms with Crippen LogP contribution in [-0.2, 0) is 10.3 Å². The number of carboxylic acid groups (broad SMARTS) is 1. The van der Waals surface area contributed by atoms with Gasteiger partial charge in [0.1, 0.15) is 0 Å². The predicted octanol–water partition coefficient (Wildman–Crippen LogP) is 3.48. The molecule has 1 aromatic heterocycles. The first-order chi connectivity index (χ1) is 8.99. The molecule has 1 aromatic carbocycles. The number of carbonyl (C=O) groups is 1. The van der Waals surface area contributed by atoms with Crippen LogP contribution in [0.4, 0.5) is 0 Å². The summed E-state index contributed by atoms with van der Waals surface area (Å²) in [5.41, 5.74) is 2.09. The molecular formula is C13H13BrN2O2S. The second kappa shape index (κ2) is 4.52. The Morgan fingerprint density at radius 1 is 1.58 bits per heavy atom. The number of nitrogens with zero attached hydrogens (tertiary/aromatic N) is 2. The zero-order valence-corrected chi connectivity index (χ0v) is 12.8. The number of fused-ring (bicyclic) bond motifs is 1. The molecule has 0 bridgehead atoms. The van der Waals surface area contributed by atoms with Crippen LogP contribution in [-0.4, -0.2) is 26.4 Å². The Kier molecular flexibility index (Phi) is 3.09. The molecule has 1 fully saturated rings. The summed E-state index contributed by atoms with van der Waals surface area (Å²) in [4.78, 5) is 15.3. The number of aliphatic carboxylic acids is 1. The van der Waals surface area contributed by atoms with Crippen molar-refractivity contribution in [3.8, 4) is 0 Å². The molecule has 0 spiro atoms. The number of hydrogen-bond donors (Lipinski definition) is 1. The highest BCUT2D eigenvalue weighted by Crippen LogP contribution is 2.47. The summed E-state index contributed by atoms with van der Waals surface area (Å²) in [5, 5.41) is 9.64. The van der Waals surface area contributed by atoms with Crippen molar-refractivity contribution in [1.82, 2.24) is 9.55 Å². The van der Waals surface area contributed by atoms with E-state index in [4.69, 9.17) is 5.11 Å². The van der Waals surface area contributed by atoms with Gasteiger partial charge in [0.05, 0.1) is 16.8 Å². The fourth-order valence-electron chi connectivity index (χ4n) is 2.18. The normalized spacial score (nSPS) is 16.7. The lowest BCUT2D eigenvalue weighted by Crippen LogP contribution is -2.14. The first-order valence-corrected chi connectivity index (χ1v) is 7.80. The van der Waals surface area contributed by atoms with Crippen LogP contribution >= 0.6 is 27.7 Å². The van der Waals surface area contributed by atoms with Crippen molar-refractivity contribution in [2.24, 2.45) is 0 Å². The zero-order chi connectivity index (χ0) is 13.6. The summed E-state index contributed by atoms with van der Waals surface area (Å²) in [5.74, 6) is -0.772. The van der Waals surface area contributed by atoms with Gasteiger partial charge in [-0.05, 0) is 38.0 Å². The number of benzene rings is 1. The van der Waals surface area contributed by atoms with Crippen molar-refractivity contribution in [2.75, 3.05) is 5.75 Å². The van der Waals surface area contributed by atoms with Crippen LogP contribution in [0.25, 0.3) is 11.0 Å². The van der Waals surface area contributed by atoms with Crippen molar-refractivity contribution in [3.05, 3.63) is 22.7 Å². The maximum absolute atomic E-state index is 10.8. The Morgan fingerprint density at radius 2 is 2.32 bits per heavy atom. The zero-order valence-electron chi connectivity index (χ0n) is 10.4. The third kappa shape index (κ3) is 2.39. The van der Waals surface area contributed by atoms with Crippen LogP contribution in [0, 0.1) is 0 Å². The van der Waals surface area contributed by atoms with Gasteiger partial charge in [-0.2, -0.15) is 0 Å². The minimum absolute atomic E-state index is 0.0422. The summed E-state index contributed by atoms with van der Waals surface area (Å²) in [6.07, 6.45) is 2.23. The summed E-state index contributed by atoms with van der Waals surface area (Å²) < 4.78 is 3.21. The van der Waals surface area contributed by atoms with E-state index < -0.39 is 5.97 Å². The van der Waals surface area contributed by atoms with Crippen LogP contribution in [0.15, 0.2) is 27.8 Å². The number of carboxylic acids is 1. The Bertz CT molecular complexity index is 664. The largest absolute Gasteiger partial charge is 0.481 e. The average molecular weight is 341 g/mol. The molecule has 6 heteroatoms. The molecule has 1 N–H and O–H groups in total. The molecule has 1 aliphatic carbocycles. The molecule has 0 amide bonds. The number of aromatic nitrogens is 2. The summed E-state index contributed by atoms with van der Waals surface area (Å²) in [7, 11) is 0. The van der Waals surface area contributed by atoms with Crippen molar-refractivity contribution in [2.45, 2.75) is 30.5 Å². The maximum atomic E-state index is 10.8. The molecule has 4 nitrogen and oxygen atoms in total. The van der Waals surface area contributed by atoms with E-state index in [0.29, 0.717) is 0 Å². The summed E-state index contributed by atoms with van der Waals surface area (Å²) >= 11 is 4.77. The van der Waals surface area contributed by atoms with E-state index >= 15 is 0 Å². The van der Waals surface area contributed by atoms with E-state index in [0.717, 1.165) is 33.5 Å². The molecular weight excluding hydrogens is 328 g/mol. The number of imidazole rings is 1. The number of halogens is 1. The second-order valence-corrected chi connectivity index (χ2v) is 6.90. The molecule has 1 heterocycles. The lowest BCUT2D eigenvalue weighted by atomic mass is 10.2. The molecule has 100 valence electrons. The molecule has 0 aliphatic heterocycles. The topological polar surface area (TPSA) is 55.1 Å². The Balaban J connectivity index is 2.12. The van der Waals surface area contributed by atoms with Gasteiger partial charge in [-0.1, -0.05) is 27.7 Å². The first kappa shape index (κ1) is 13.0. The summed E-state index contributed by atoms with van der Waals surface area (Å²) in [6, 6.07) is 5.98. The van der Waals surface area contributed by atoms with E-state index in [1.165, 1.54) is 11.8 Å². The third-order valence-corrected chi connectivity index (χ3v) is 4.84. The molecule has 0 atom stereocenters. The van der Waals surface area contributed by atoms with E-state index in [9.17, 15) is 4.79 Å². The quantitative estimate of drug-likeness (QED) is 0.865. The van der Waals surface area contributed by atoms with Gasteiger partial charge in [0.15, 0.2) is 5.16 Å². The summed E-state index contributed by atoms with van der Waals surface area (Å²) in [6.45, 7) is 2.19. The molecule has 2 aromatic rings. The fraction of sp³-hybridized carbons (Fsp3) is 0.385. The van der Waals surface area contributed by atoms with Crippen LogP contribution in [0.3, 0.4) is 0 Å². The molecule has 1 aliphatic rings. The van der Waals surface area contributed by atoms with Crippen LogP contribution < -0.4 is 0 Å². The van der Waals surface area contributed by atoms with Crippen molar-refractivity contribution < 1.29 is 9.90 Å². The number of rotatable bonds is 4. The number of thioether (sulfide) groups is 1. The molecule has 0 unspecified atom stereocenters. The molecule has 3 rings (SSSR count). The molecule has 19 heavy (non-hydrogen) atoms. The van der Waals surface area contributed by atoms with Crippen molar-refractivity contribution >= 4 is 44.7 Å². The van der Waals surface area contributed by atoms with Crippen LogP contribution in [0.2, 0.25) is 0 Å². The van der Waals surface area contributed by atoms with Crippen molar-refractivity contribution in [1.29, 1.82) is 0 Å². The highest BCUT2D eigenvalue weighted by Gasteiger charge is 2.42. The van der Waals surface area contributed by atoms with Gasteiger partial charge in [0.25, 0.3) is 0 Å². The standard InChI is InChI=1S/C13H13BrN2O2S/c1-13(4-5-13)16-10-6-8(14)2-3-9(10)15-12(16)19-7-11(17)18/h2-3,6H,4-5,7H2,1H3,(H,17,18). The van der Waals surface area contributed by atoms with E-state index in [-0.39, 0.29) is 11.3 Å².